The van der Waals surface area contributed by atoms with Crippen molar-refractivity contribution in [1.29, 1.82) is 0 Å². The second kappa shape index (κ2) is 40.5. The third kappa shape index (κ3) is 30.4. The van der Waals surface area contributed by atoms with Crippen LogP contribution in [0.2, 0.25) is 23.2 Å². The topological polar surface area (TPSA) is 46.5 Å². The number of hydrogen-bond donors (Lipinski definition) is 1. The van der Waals surface area contributed by atoms with E-state index < -0.39 is 0 Å². The molecule has 3 nitrogen and oxygen atoms in total. The number of ether oxygens (including phenoxy) is 1. The van der Waals surface area contributed by atoms with Gasteiger partial charge < -0.3 is 9.84 Å². The molecule has 268 valence electrons. The largest absolute Gasteiger partial charge is 0.462 e. The van der Waals surface area contributed by atoms with Gasteiger partial charge in [0.05, 0.1) is 12.0 Å². The summed E-state index contributed by atoms with van der Waals surface area (Å²) in [6, 6.07) is 2.84. The van der Waals surface area contributed by atoms with E-state index in [0.717, 1.165) is 65.0 Å². The fourth-order valence-electron chi connectivity index (χ4n) is 6.54. The summed E-state index contributed by atoms with van der Waals surface area (Å²) in [7, 11) is 2.30. The number of aliphatic hydroxyl groups is 1. The van der Waals surface area contributed by atoms with E-state index in [0.29, 0.717) is 0 Å². The summed E-state index contributed by atoms with van der Waals surface area (Å²) >= 11 is 0. The van der Waals surface area contributed by atoms with Crippen molar-refractivity contribution in [3.05, 3.63) is 0 Å². The zero-order chi connectivity index (χ0) is 28.1. The van der Waals surface area contributed by atoms with Gasteiger partial charge in [-0.2, -0.15) is 0 Å². The molecule has 0 aromatic carbocycles. The molecule has 11 heteroatoms. The molecule has 0 bridgehead atoms. The molecular formula is C35H72B2O3Si2W4. The minimum Gasteiger partial charge on any atom is -0.462 e. The summed E-state index contributed by atoms with van der Waals surface area (Å²) in [6.07, 6.45) is 28.5. The predicted octanol–water partition coefficient (Wildman–Crippen LogP) is 10.3. The SMILES string of the molecule is C.CC1CCCCC1.CCCC[Si]C1CCC(O)CC1.CCCC[Si]C1CCC(OC(=O)C2CCCCC2)CC1.[2HH].[2HH].[B].[B].[W].[W].[W].[W]. The number of unbranched alkanes of at least 4 members (excludes halogenated alkanes) is 2. The fourth-order valence-corrected chi connectivity index (χ4v) is 9.95. The van der Waals surface area contributed by atoms with E-state index >= 15 is 0 Å². The van der Waals surface area contributed by atoms with Gasteiger partial charge >= 0.3 is 5.97 Å². The molecule has 0 aromatic heterocycles. The van der Waals surface area contributed by atoms with Crippen LogP contribution in [0.5, 0.6) is 0 Å². The van der Waals surface area contributed by atoms with Crippen LogP contribution in [-0.2, 0) is 93.8 Å². The molecule has 0 unspecified atom stereocenters. The second-order valence-electron chi connectivity index (χ2n) is 13.1. The third-order valence-electron chi connectivity index (χ3n) is 9.41. The first-order valence-electron chi connectivity index (χ1n) is 17.4. The molecule has 4 saturated carbocycles. The fraction of sp³-hybridized carbons (Fsp3) is 0.971. The Balaban J connectivity index is -0.0000000836. The Kier molecular flexibility index (Phi) is 53.6. The molecule has 0 aliphatic heterocycles. The molecule has 4 aliphatic carbocycles. The van der Waals surface area contributed by atoms with Gasteiger partial charge in [-0.25, -0.2) is 0 Å². The summed E-state index contributed by atoms with van der Waals surface area (Å²) in [5.74, 6) is 1.36. The van der Waals surface area contributed by atoms with Crippen LogP contribution < -0.4 is 0 Å². The van der Waals surface area contributed by atoms with Gasteiger partial charge in [0.25, 0.3) is 0 Å². The molecule has 4 aliphatic rings. The zero-order valence-electron chi connectivity index (χ0n) is 29.0. The van der Waals surface area contributed by atoms with Gasteiger partial charge in [-0.05, 0) is 68.4 Å². The Morgan fingerprint density at radius 2 is 1.04 bits per heavy atom. The zero-order valence-corrected chi connectivity index (χ0v) is 42.7. The van der Waals surface area contributed by atoms with Crippen molar-refractivity contribution in [2.45, 2.75) is 205 Å². The summed E-state index contributed by atoms with van der Waals surface area (Å²) in [4.78, 5) is 12.1. The Morgan fingerprint density at radius 3 is 1.41 bits per heavy atom. The van der Waals surface area contributed by atoms with Crippen molar-refractivity contribution in [1.82, 2.24) is 0 Å². The van der Waals surface area contributed by atoms with E-state index in [1.54, 1.807) is 0 Å². The van der Waals surface area contributed by atoms with Crippen LogP contribution in [0.15, 0.2) is 0 Å². The van der Waals surface area contributed by atoms with Crippen LogP contribution in [0.3, 0.4) is 0 Å². The van der Waals surface area contributed by atoms with Crippen molar-refractivity contribution < 1.29 is 102 Å². The molecule has 0 heterocycles. The molecule has 10 radical (unpaired) electrons. The number of aliphatic hydroxyl groups excluding tert-OH is 1. The standard InChI is InChI=1S/C17H30O2Si.C10H20OSi.C7H14.CH4.2B.4W.2H2/c1-2-3-13-20-16-11-9-15(10-12-16)19-17(18)14-7-5-4-6-8-14;1-2-3-8-12-10-6-4-9(11)5-7-10;1-7-5-3-2-4-6-7;;;;;;;;;/h14-16H,2-13H2,1H3;9-11H,2-8H2,1H3;7H,2-6H2,1H3;1H4;;;;;;;2*1H/i;;;;;;;;;;2*1+1. The molecule has 0 saturated heterocycles. The summed E-state index contributed by atoms with van der Waals surface area (Å²) < 4.78 is 5.77. The van der Waals surface area contributed by atoms with E-state index in [-0.39, 0.29) is 135 Å². The summed E-state index contributed by atoms with van der Waals surface area (Å²) in [6.45, 7) is 6.89. The smallest absolute Gasteiger partial charge is 0.309 e. The quantitative estimate of drug-likeness (QED) is 0.135. The van der Waals surface area contributed by atoms with Crippen LogP contribution >= 0.6 is 0 Å². The first-order chi connectivity index (χ1) is 19.0. The Hall–Kier alpha value is 2.75. The van der Waals surface area contributed by atoms with Crippen LogP contribution in [0.4, 0.5) is 0 Å². The summed E-state index contributed by atoms with van der Waals surface area (Å²) in [5, 5.41) is 9.30. The van der Waals surface area contributed by atoms with E-state index in [9.17, 15) is 9.90 Å². The van der Waals surface area contributed by atoms with E-state index in [1.807, 2.05) is 0 Å². The maximum absolute atomic E-state index is 12.1. The number of esters is 1. The van der Waals surface area contributed by atoms with Crippen molar-refractivity contribution in [3.8, 4) is 0 Å². The van der Waals surface area contributed by atoms with Gasteiger partial charge in [-0.3, -0.25) is 4.79 Å². The molecule has 0 aromatic rings. The Morgan fingerprint density at radius 1 is 0.652 bits per heavy atom. The van der Waals surface area contributed by atoms with E-state index in [2.05, 4.69) is 20.8 Å². The maximum Gasteiger partial charge on any atom is 0.309 e. The van der Waals surface area contributed by atoms with E-state index in [1.165, 1.54) is 124 Å². The minimum absolute atomic E-state index is 0. The van der Waals surface area contributed by atoms with Gasteiger partial charge in [-0.1, -0.05) is 130 Å². The van der Waals surface area contributed by atoms with Gasteiger partial charge in [-0.15, -0.1) is 0 Å². The van der Waals surface area contributed by atoms with Crippen molar-refractivity contribution >= 4 is 41.8 Å². The van der Waals surface area contributed by atoms with Gasteiger partial charge in [0.2, 0.25) is 0 Å². The van der Waals surface area contributed by atoms with Crippen LogP contribution in [0.1, 0.15) is 172 Å². The predicted molar refractivity (Wildman–Crippen MR) is 193 cm³/mol. The van der Waals surface area contributed by atoms with Crippen molar-refractivity contribution in [2.75, 3.05) is 0 Å². The maximum atomic E-state index is 12.1. The molecule has 46 heavy (non-hydrogen) atoms. The average molecular weight is 1360 g/mol. The number of carbonyl (C=O) groups excluding carboxylic acids is 1. The van der Waals surface area contributed by atoms with Crippen LogP contribution in [0, 0.1) is 11.8 Å². The molecule has 0 amide bonds. The molecule has 0 atom stereocenters. The normalized spacial score (nSPS) is 24.1. The molecule has 4 fully saturated rings. The number of rotatable bonds is 10. The number of carbonyl (C=O) groups is 1. The third-order valence-corrected chi connectivity index (χ3v) is 13.0. The Bertz CT molecular complexity index is 616. The van der Waals surface area contributed by atoms with Crippen LogP contribution in [-0.4, -0.2) is 59.1 Å². The van der Waals surface area contributed by atoms with Crippen molar-refractivity contribution in [2.24, 2.45) is 11.8 Å². The summed E-state index contributed by atoms with van der Waals surface area (Å²) in [5.41, 5.74) is 1.88. The number of hydrogen-bond acceptors (Lipinski definition) is 3. The Labute approximate surface area is 357 Å². The molecule has 4 rings (SSSR count). The first kappa shape index (κ1) is 60.8. The monoisotopic (exact) mass is 1360 g/mol. The van der Waals surface area contributed by atoms with Crippen molar-refractivity contribution in [3.63, 3.8) is 0 Å². The van der Waals surface area contributed by atoms with Gasteiger partial charge in [0.1, 0.15) is 6.10 Å². The molecular weight excluding hydrogens is 1280 g/mol. The molecule has 0 spiro atoms. The van der Waals surface area contributed by atoms with E-state index in [4.69, 9.17) is 4.74 Å². The van der Waals surface area contributed by atoms with Crippen LogP contribution in [0.25, 0.3) is 0 Å². The average Bonchev–Trinajstić information content (AvgIpc) is 2.97. The van der Waals surface area contributed by atoms with Gasteiger partial charge in [0, 0.05) is 123 Å². The molecule has 1 N–H and O–H groups in total. The first-order valence-corrected chi connectivity index (χ1v) is 19.9. The second-order valence-corrected chi connectivity index (χ2v) is 16.6. The minimum atomic E-state index is 0. The van der Waals surface area contributed by atoms with Gasteiger partial charge in [0.15, 0.2) is 0 Å².